The Balaban J connectivity index is 2.27. The van der Waals surface area contributed by atoms with E-state index in [1.165, 1.54) is 12.1 Å². The Hall–Kier alpha value is -1.20. The first-order valence-electron chi connectivity index (χ1n) is 5.52. The molecule has 2 rings (SSSR count). The second-order valence-corrected chi connectivity index (χ2v) is 4.16. The quantitative estimate of drug-likeness (QED) is 0.876. The van der Waals surface area contributed by atoms with Crippen molar-refractivity contribution in [2.45, 2.75) is 19.1 Å². The Morgan fingerprint density at radius 3 is 2.53 bits per heavy atom. The molecule has 1 atom stereocenters. The highest BCUT2D eigenvalue weighted by Crippen LogP contribution is 2.28. The molecule has 1 unspecified atom stereocenters. The van der Waals surface area contributed by atoms with Gasteiger partial charge in [0, 0.05) is 20.2 Å². The van der Waals surface area contributed by atoms with Crippen LogP contribution in [0.3, 0.4) is 0 Å². The van der Waals surface area contributed by atoms with Crippen molar-refractivity contribution in [1.82, 2.24) is 0 Å². The van der Waals surface area contributed by atoms with Crippen LogP contribution in [0.1, 0.15) is 12.0 Å². The van der Waals surface area contributed by atoms with E-state index in [1.54, 1.807) is 12.0 Å². The molecule has 1 saturated heterocycles. The smallest absolute Gasteiger partial charge is 0.149 e. The average Bonchev–Trinajstić information content (AvgIpc) is 2.76. The van der Waals surface area contributed by atoms with Crippen molar-refractivity contribution in [3.8, 4) is 0 Å². The topological polar surface area (TPSA) is 32.7 Å². The Morgan fingerprint density at radius 1 is 1.41 bits per heavy atom. The predicted octanol–water partition coefficient (Wildman–Crippen LogP) is 1.68. The van der Waals surface area contributed by atoms with Gasteiger partial charge in [0.25, 0.3) is 0 Å². The molecule has 1 N–H and O–H groups in total. The van der Waals surface area contributed by atoms with Crippen LogP contribution in [0, 0.1) is 11.6 Å². The van der Waals surface area contributed by atoms with Crippen LogP contribution in [0.5, 0.6) is 0 Å². The lowest BCUT2D eigenvalue weighted by Crippen LogP contribution is -2.24. The SMILES string of the molecule is COC1CCN(c2c(F)cc(CO)cc2F)C1. The molecule has 0 amide bonds. The molecule has 0 aromatic heterocycles. The third-order valence-electron chi connectivity index (χ3n) is 3.05. The number of hydrogen-bond acceptors (Lipinski definition) is 3. The summed E-state index contributed by atoms with van der Waals surface area (Å²) >= 11 is 0. The van der Waals surface area contributed by atoms with Crippen LogP contribution in [-0.2, 0) is 11.3 Å². The molecule has 1 aromatic carbocycles. The van der Waals surface area contributed by atoms with Crippen molar-refractivity contribution in [2.24, 2.45) is 0 Å². The minimum Gasteiger partial charge on any atom is -0.392 e. The maximum absolute atomic E-state index is 13.7. The lowest BCUT2D eigenvalue weighted by atomic mass is 10.2. The largest absolute Gasteiger partial charge is 0.392 e. The van der Waals surface area contributed by atoms with Crippen molar-refractivity contribution in [3.63, 3.8) is 0 Å². The summed E-state index contributed by atoms with van der Waals surface area (Å²) in [5.41, 5.74) is 0.216. The fourth-order valence-electron chi connectivity index (χ4n) is 2.14. The number of aliphatic hydroxyl groups is 1. The molecular weight excluding hydrogens is 228 g/mol. The molecule has 17 heavy (non-hydrogen) atoms. The highest BCUT2D eigenvalue weighted by Gasteiger charge is 2.26. The van der Waals surface area contributed by atoms with Gasteiger partial charge in [0.1, 0.15) is 17.3 Å². The molecule has 0 bridgehead atoms. The molecule has 0 saturated carbocycles. The minimum absolute atomic E-state index is 0.0197. The Morgan fingerprint density at radius 2 is 2.06 bits per heavy atom. The number of aliphatic hydroxyl groups excluding tert-OH is 1. The van der Waals surface area contributed by atoms with Gasteiger partial charge in [0.05, 0.1) is 12.7 Å². The van der Waals surface area contributed by atoms with E-state index in [2.05, 4.69) is 0 Å². The number of nitrogens with zero attached hydrogens (tertiary/aromatic N) is 1. The van der Waals surface area contributed by atoms with Gasteiger partial charge in [-0.25, -0.2) is 8.78 Å². The van der Waals surface area contributed by atoms with E-state index >= 15 is 0 Å². The van der Waals surface area contributed by atoms with E-state index in [0.29, 0.717) is 13.1 Å². The molecular formula is C12H15F2NO2. The molecule has 3 nitrogen and oxygen atoms in total. The summed E-state index contributed by atoms with van der Waals surface area (Å²) in [5, 5.41) is 8.86. The zero-order valence-electron chi connectivity index (χ0n) is 9.62. The first kappa shape index (κ1) is 12.3. The van der Waals surface area contributed by atoms with E-state index < -0.39 is 11.6 Å². The van der Waals surface area contributed by atoms with Gasteiger partial charge in [-0.1, -0.05) is 0 Å². The number of halogens is 2. The first-order valence-corrected chi connectivity index (χ1v) is 5.52. The highest BCUT2D eigenvalue weighted by molar-refractivity contribution is 5.51. The number of benzene rings is 1. The van der Waals surface area contributed by atoms with Crippen LogP contribution >= 0.6 is 0 Å². The maximum atomic E-state index is 13.7. The van der Waals surface area contributed by atoms with Crippen molar-refractivity contribution >= 4 is 5.69 Å². The van der Waals surface area contributed by atoms with Crippen molar-refractivity contribution in [3.05, 3.63) is 29.3 Å². The predicted molar refractivity (Wildman–Crippen MR) is 59.9 cm³/mol. The van der Waals surface area contributed by atoms with Gasteiger partial charge in [-0.15, -0.1) is 0 Å². The molecule has 1 fully saturated rings. The summed E-state index contributed by atoms with van der Waals surface area (Å²) in [5.74, 6) is -1.27. The van der Waals surface area contributed by atoms with Gasteiger partial charge in [-0.05, 0) is 24.1 Å². The van der Waals surface area contributed by atoms with Gasteiger partial charge < -0.3 is 14.7 Å². The maximum Gasteiger partial charge on any atom is 0.149 e. The summed E-state index contributed by atoms with van der Waals surface area (Å²) < 4.78 is 32.7. The number of hydrogen-bond donors (Lipinski definition) is 1. The number of methoxy groups -OCH3 is 1. The van der Waals surface area contributed by atoms with Crippen molar-refractivity contribution < 1.29 is 18.6 Å². The molecule has 0 spiro atoms. The van der Waals surface area contributed by atoms with Gasteiger partial charge in [0.2, 0.25) is 0 Å². The summed E-state index contributed by atoms with van der Waals surface area (Å²) in [6.45, 7) is 0.697. The van der Waals surface area contributed by atoms with E-state index in [9.17, 15) is 8.78 Å². The second-order valence-electron chi connectivity index (χ2n) is 4.16. The average molecular weight is 243 g/mol. The molecule has 5 heteroatoms. The van der Waals surface area contributed by atoms with Crippen LogP contribution in [0.2, 0.25) is 0 Å². The molecule has 1 aliphatic heterocycles. The highest BCUT2D eigenvalue weighted by atomic mass is 19.1. The molecule has 0 aliphatic carbocycles. The summed E-state index contributed by atoms with van der Waals surface area (Å²) in [6, 6.07) is 2.33. The fraction of sp³-hybridized carbons (Fsp3) is 0.500. The normalized spacial score (nSPS) is 20.0. The molecule has 1 heterocycles. The standard InChI is InChI=1S/C12H15F2NO2/c1-17-9-2-3-15(6-9)12-10(13)4-8(7-16)5-11(12)14/h4-5,9,16H,2-3,6-7H2,1H3. The van der Waals surface area contributed by atoms with Crippen LogP contribution in [0.15, 0.2) is 12.1 Å². The monoisotopic (exact) mass is 243 g/mol. The van der Waals surface area contributed by atoms with Crippen molar-refractivity contribution in [1.29, 1.82) is 0 Å². The summed E-state index contributed by atoms with van der Waals surface area (Å²) in [7, 11) is 1.59. The van der Waals surface area contributed by atoms with Gasteiger partial charge in [0.15, 0.2) is 0 Å². The van der Waals surface area contributed by atoms with Crippen LogP contribution in [0.25, 0.3) is 0 Å². The molecule has 94 valence electrons. The molecule has 0 radical (unpaired) electrons. The zero-order chi connectivity index (χ0) is 12.4. The van der Waals surface area contributed by atoms with E-state index in [4.69, 9.17) is 9.84 Å². The third kappa shape index (κ3) is 2.40. The van der Waals surface area contributed by atoms with Gasteiger partial charge >= 0.3 is 0 Å². The second kappa shape index (κ2) is 4.98. The fourth-order valence-corrected chi connectivity index (χ4v) is 2.14. The molecule has 1 aliphatic rings. The Kier molecular flexibility index (Phi) is 3.59. The van der Waals surface area contributed by atoms with Crippen LogP contribution < -0.4 is 4.90 Å². The summed E-state index contributed by atoms with van der Waals surface area (Å²) in [4.78, 5) is 1.64. The van der Waals surface area contributed by atoms with Crippen LogP contribution in [-0.4, -0.2) is 31.4 Å². The number of anilines is 1. The lowest BCUT2D eigenvalue weighted by Gasteiger charge is -2.20. The number of ether oxygens (including phenoxy) is 1. The summed E-state index contributed by atoms with van der Waals surface area (Å²) in [6.07, 6.45) is 0.781. The van der Waals surface area contributed by atoms with E-state index in [-0.39, 0.29) is 24.0 Å². The van der Waals surface area contributed by atoms with Gasteiger partial charge in [-0.2, -0.15) is 0 Å². The minimum atomic E-state index is -0.634. The van der Waals surface area contributed by atoms with Crippen LogP contribution in [0.4, 0.5) is 14.5 Å². The lowest BCUT2D eigenvalue weighted by molar-refractivity contribution is 0.121. The molecule has 1 aromatic rings. The zero-order valence-corrected chi connectivity index (χ0v) is 9.62. The Labute approximate surface area is 98.6 Å². The first-order chi connectivity index (χ1) is 8.15. The number of rotatable bonds is 3. The Bertz CT molecular complexity index is 388. The third-order valence-corrected chi connectivity index (χ3v) is 3.05. The van der Waals surface area contributed by atoms with Crippen molar-refractivity contribution in [2.75, 3.05) is 25.1 Å². The van der Waals surface area contributed by atoms with Gasteiger partial charge in [-0.3, -0.25) is 0 Å². The van der Waals surface area contributed by atoms with E-state index in [1.807, 2.05) is 0 Å². The van der Waals surface area contributed by atoms with E-state index in [0.717, 1.165) is 6.42 Å².